The number of hydrogen-bond acceptors (Lipinski definition) is 3. The van der Waals surface area contributed by atoms with Crippen molar-refractivity contribution in [3.05, 3.63) is 321 Å². The van der Waals surface area contributed by atoms with Crippen molar-refractivity contribution in [3.8, 4) is 56.8 Å². The van der Waals surface area contributed by atoms with Gasteiger partial charge in [-0.05, 0) is 96.1 Å². The molecule has 15 aromatic carbocycles. The van der Waals surface area contributed by atoms with Gasteiger partial charge < -0.3 is 31.7 Å². The highest BCUT2D eigenvalue weighted by Gasteiger charge is 2.37. The summed E-state index contributed by atoms with van der Waals surface area (Å²) in [4.78, 5) is 0. The van der Waals surface area contributed by atoms with Gasteiger partial charge in [-0.25, -0.2) is 0 Å². The molecule has 0 fully saturated rings. The molecule has 0 saturated heterocycles. The topological polar surface area (TPSA) is 74.7 Å². The van der Waals surface area contributed by atoms with Crippen LogP contribution in [-0.2, 0) is 0 Å². The Kier molecular flexibility index (Phi) is 11.0. The van der Waals surface area contributed by atoms with Crippen molar-refractivity contribution in [2.24, 2.45) is 0 Å². The molecule has 0 aliphatic heterocycles. The van der Waals surface area contributed by atoms with Gasteiger partial charge in [-0.3, -0.25) is 0 Å². The molecule has 0 atom stereocenters. The van der Waals surface area contributed by atoms with E-state index in [2.05, 4.69) is 332 Å². The number of rotatable bonds is 7. The molecule has 8 heteroatoms. The van der Waals surface area contributed by atoms with Crippen LogP contribution in [0, 0.1) is 11.3 Å². The zero-order chi connectivity index (χ0) is 64.7. The van der Waals surface area contributed by atoms with Crippen LogP contribution in [0.2, 0.25) is 0 Å². The van der Waals surface area contributed by atoms with E-state index in [1.165, 1.54) is 0 Å². The number of fused-ring (bicyclic) bond motifs is 21. The number of benzene rings is 15. The maximum absolute atomic E-state index is 13.4. The second-order valence-corrected chi connectivity index (χ2v) is 26.1. The highest BCUT2D eigenvalue weighted by molar-refractivity contribution is 6.20. The summed E-state index contributed by atoms with van der Waals surface area (Å²) in [6.07, 6.45) is 0. The number of furan rings is 2. The third-order valence-electron chi connectivity index (χ3n) is 21.1. The van der Waals surface area contributed by atoms with Gasteiger partial charge in [0.25, 0.3) is 0 Å². The van der Waals surface area contributed by atoms with E-state index in [1.807, 2.05) is 12.1 Å². The van der Waals surface area contributed by atoms with Gasteiger partial charge in [0, 0.05) is 86.5 Å². The second-order valence-electron chi connectivity index (χ2n) is 26.1. The Morgan fingerprint density at radius 1 is 0.212 bits per heavy atom. The van der Waals surface area contributed by atoms with Crippen LogP contribution >= 0.6 is 0 Å². The minimum absolute atomic E-state index is 0.487. The summed E-state index contributed by atoms with van der Waals surface area (Å²) in [5, 5.41) is 28.5. The number of nitrogens with zero attached hydrogens (tertiary/aromatic N) is 6. The molecule has 8 nitrogen and oxygen atoms in total. The van der Waals surface area contributed by atoms with Gasteiger partial charge in [0.1, 0.15) is 34.0 Å². The van der Waals surface area contributed by atoms with Crippen LogP contribution in [0.3, 0.4) is 0 Å². The SMILES string of the molecule is N#Cc1c(-n2c3ccccc3c3ccccc32)c(-n2c3ccccc3c3cc(-c4cccc5c4oc4ccccc45)ccc32)c(-n2c3ccccc3c3ccccc32)c(-n2c3ccccc3c3cc(-c4cccc5c4oc4ccccc45)ccc32)c1-n1c2ccccc2c2ccccc21. The molecule has 458 valence electrons. The van der Waals surface area contributed by atoms with Crippen LogP contribution < -0.4 is 0 Å². The number of hydrogen-bond donors (Lipinski definition) is 0. The van der Waals surface area contributed by atoms with Gasteiger partial charge in [0.05, 0.1) is 83.6 Å². The molecule has 7 heterocycles. The van der Waals surface area contributed by atoms with Crippen LogP contribution in [0.5, 0.6) is 0 Å². The van der Waals surface area contributed by atoms with E-state index in [0.29, 0.717) is 5.56 Å². The first-order valence-corrected chi connectivity index (χ1v) is 33.6. The molecule has 0 aliphatic carbocycles. The summed E-state index contributed by atoms with van der Waals surface area (Å²) in [5.74, 6) is 0. The second kappa shape index (κ2) is 20.2. The largest absolute Gasteiger partial charge is 0.455 e. The Morgan fingerprint density at radius 2 is 0.455 bits per heavy atom. The molecule has 0 aliphatic rings. The molecule has 0 radical (unpaired) electrons. The smallest absolute Gasteiger partial charge is 0.143 e. The molecule has 22 aromatic rings. The van der Waals surface area contributed by atoms with E-state index in [-0.39, 0.29) is 0 Å². The lowest BCUT2D eigenvalue weighted by molar-refractivity contribution is 0.669. The molecule has 99 heavy (non-hydrogen) atoms. The van der Waals surface area contributed by atoms with Gasteiger partial charge in [-0.2, -0.15) is 5.26 Å². The van der Waals surface area contributed by atoms with E-state index in [1.54, 1.807) is 0 Å². The van der Waals surface area contributed by atoms with Crippen molar-refractivity contribution in [2.45, 2.75) is 0 Å². The maximum atomic E-state index is 13.4. The van der Waals surface area contributed by atoms with E-state index in [0.717, 1.165) is 204 Å². The highest BCUT2D eigenvalue weighted by Crippen LogP contribution is 2.53. The minimum atomic E-state index is 0.487. The maximum Gasteiger partial charge on any atom is 0.143 e. The summed E-state index contributed by atoms with van der Waals surface area (Å²) in [5.41, 5.74) is 21.7. The minimum Gasteiger partial charge on any atom is -0.455 e. The van der Waals surface area contributed by atoms with Crippen molar-refractivity contribution in [1.82, 2.24) is 22.8 Å². The van der Waals surface area contributed by atoms with Gasteiger partial charge in [0.15, 0.2) is 0 Å². The molecule has 22 rings (SSSR count). The molecular formula is C91H52N6O2. The summed E-state index contributed by atoms with van der Waals surface area (Å²) in [6.45, 7) is 0. The number of nitriles is 1. The van der Waals surface area contributed by atoms with Crippen LogP contribution in [0.1, 0.15) is 5.56 Å². The zero-order valence-corrected chi connectivity index (χ0v) is 53.0. The Morgan fingerprint density at radius 3 is 0.768 bits per heavy atom. The van der Waals surface area contributed by atoms with E-state index >= 15 is 0 Å². The number of aromatic nitrogens is 5. The predicted octanol–water partition coefficient (Wildman–Crippen LogP) is 24.2. The molecule has 0 bridgehead atoms. The lowest BCUT2D eigenvalue weighted by Crippen LogP contribution is -2.18. The van der Waals surface area contributed by atoms with Crippen molar-refractivity contribution >= 4 is 153 Å². The highest BCUT2D eigenvalue weighted by atomic mass is 16.3. The summed E-state index contributed by atoms with van der Waals surface area (Å²) < 4.78 is 25.9. The van der Waals surface area contributed by atoms with Gasteiger partial charge in [0.2, 0.25) is 0 Å². The Bertz CT molecular complexity index is 6800. The van der Waals surface area contributed by atoms with Crippen molar-refractivity contribution < 1.29 is 8.83 Å². The Balaban J connectivity index is 0.998. The van der Waals surface area contributed by atoms with Crippen molar-refractivity contribution in [2.75, 3.05) is 0 Å². The summed E-state index contributed by atoms with van der Waals surface area (Å²) in [6, 6.07) is 117. The van der Waals surface area contributed by atoms with Crippen LogP contribution in [0.25, 0.3) is 204 Å². The first-order valence-electron chi connectivity index (χ1n) is 33.6. The fourth-order valence-electron chi connectivity index (χ4n) is 17.1. The summed E-state index contributed by atoms with van der Waals surface area (Å²) in [7, 11) is 0. The monoisotopic (exact) mass is 1260 g/mol. The van der Waals surface area contributed by atoms with Gasteiger partial charge in [-0.1, -0.05) is 231 Å². The third kappa shape index (κ3) is 7.29. The van der Waals surface area contributed by atoms with E-state index in [4.69, 9.17) is 8.83 Å². The lowest BCUT2D eigenvalue weighted by atomic mass is 9.99. The van der Waals surface area contributed by atoms with Crippen LogP contribution in [-0.4, -0.2) is 22.8 Å². The summed E-state index contributed by atoms with van der Waals surface area (Å²) >= 11 is 0. The third-order valence-corrected chi connectivity index (χ3v) is 21.1. The quantitative estimate of drug-likeness (QED) is 0.160. The lowest BCUT2D eigenvalue weighted by Gasteiger charge is -2.30. The van der Waals surface area contributed by atoms with Gasteiger partial charge in [-0.15, -0.1) is 0 Å². The van der Waals surface area contributed by atoms with E-state index < -0.39 is 0 Å². The first kappa shape index (κ1) is 53.7. The van der Waals surface area contributed by atoms with Crippen molar-refractivity contribution in [3.63, 3.8) is 0 Å². The van der Waals surface area contributed by atoms with Crippen molar-refractivity contribution in [1.29, 1.82) is 5.26 Å². The standard InChI is InChI=1S/C91H52N6O2/c92-53-72-85(93-73-37-11-1-23-58(73)59-24-2-12-38-74(59)93)87(96-79-43-17-7-29-64(79)70-51-54(47-49-81(70)96)56-33-21-35-68-66-31-9-19-45-83(66)98-90(56)68)89(95-77-41-15-5-27-62(77)63-28-6-16-42-78(63)95)88(86(72)94-75-39-13-3-25-60(75)61-26-4-14-40-76(61)94)97-80-44-18-8-30-65(80)71-52-55(48-50-82(71)97)57-34-22-36-69-67-32-10-20-46-84(67)99-91(57)69/h1-52H. The molecule has 0 amide bonds. The van der Waals surface area contributed by atoms with E-state index in [9.17, 15) is 5.26 Å². The molecule has 0 unspecified atom stereocenters. The molecular weight excluding hydrogens is 1210 g/mol. The van der Waals surface area contributed by atoms with Crippen LogP contribution in [0.15, 0.2) is 324 Å². The fourth-order valence-corrected chi connectivity index (χ4v) is 17.1. The first-order chi connectivity index (χ1) is 49.1. The molecule has 0 spiro atoms. The normalized spacial score (nSPS) is 12.2. The average Bonchev–Trinajstić information content (AvgIpc) is 1.57. The molecule has 7 aromatic heterocycles. The van der Waals surface area contributed by atoms with Gasteiger partial charge >= 0.3 is 0 Å². The van der Waals surface area contributed by atoms with Crippen LogP contribution in [0.4, 0.5) is 0 Å². The molecule has 0 saturated carbocycles. The Labute approximate surface area is 564 Å². The predicted molar refractivity (Wildman–Crippen MR) is 408 cm³/mol. The average molecular weight is 1260 g/mol. The zero-order valence-electron chi connectivity index (χ0n) is 53.0. The molecule has 0 N–H and O–H groups in total. The number of para-hydroxylation sites is 12. The fraction of sp³-hybridized carbons (Fsp3) is 0. The Hall–Kier alpha value is -13.6.